The molecule has 1 amide bonds. The molecule has 1 aliphatic heterocycles. The van der Waals surface area contributed by atoms with Gasteiger partial charge in [-0.25, -0.2) is 4.98 Å². The molecule has 1 aliphatic rings. The summed E-state index contributed by atoms with van der Waals surface area (Å²) in [5, 5.41) is 9.32. The fraction of sp³-hybridized carbons (Fsp3) is 0.185. The van der Waals surface area contributed by atoms with Crippen molar-refractivity contribution >= 4 is 23.4 Å². The summed E-state index contributed by atoms with van der Waals surface area (Å²) in [6, 6.07) is 25.7. The zero-order valence-electron chi connectivity index (χ0n) is 18.8. The number of hydrogen-bond donors (Lipinski definition) is 0. The van der Waals surface area contributed by atoms with Gasteiger partial charge in [-0.15, -0.1) is 10.2 Å². The number of aryl methyl sites for hydroxylation is 1. The molecule has 4 aromatic rings. The zero-order valence-corrected chi connectivity index (χ0v) is 19.7. The summed E-state index contributed by atoms with van der Waals surface area (Å²) >= 11 is 1.32. The van der Waals surface area contributed by atoms with E-state index < -0.39 is 0 Å². The van der Waals surface area contributed by atoms with Crippen LogP contribution in [0.15, 0.2) is 84.0 Å². The molecule has 0 fully saturated rings. The van der Waals surface area contributed by atoms with Gasteiger partial charge in [0.1, 0.15) is 17.1 Å². The van der Waals surface area contributed by atoms with Gasteiger partial charge < -0.3 is 9.64 Å². The maximum Gasteiger partial charge on any atom is 0.237 e. The van der Waals surface area contributed by atoms with E-state index in [-0.39, 0.29) is 11.7 Å². The number of carbonyl (C=O) groups excluding carboxylic acids is 1. The second-order valence-corrected chi connectivity index (χ2v) is 8.90. The first-order chi connectivity index (χ1) is 16.7. The molecule has 0 unspecified atom stereocenters. The number of fused-ring (bicyclic) bond motifs is 1. The fourth-order valence-electron chi connectivity index (χ4n) is 4.12. The SMILES string of the molecule is COc1ccc2c(c1)CCCN2C(=O)CSc1nnc(-c2ccccc2)c(-c2ccccc2)n1. The Morgan fingerprint density at radius 3 is 2.35 bits per heavy atom. The van der Waals surface area contributed by atoms with E-state index in [1.807, 2.05) is 83.8 Å². The van der Waals surface area contributed by atoms with Gasteiger partial charge in [-0.3, -0.25) is 4.79 Å². The molecule has 7 heteroatoms. The maximum absolute atomic E-state index is 13.1. The Labute approximate surface area is 203 Å². The lowest BCUT2D eigenvalue weighted by atomic mass is 10.0. The van der Waals surface area contributed by atoms with Crippen molar-refractivity contribution in [3.63, 3.8) is 0 Å². The van der Waals surface area contributed by atoms with Gasteiger partial charge in [0.2, 0.25) is 11.1 Å². The summed E-state index contributed by atoms with van der Waals surface area (Å²) in [6.45, 7) is 0.708. The van der Waals surface area contributed by atoms with Crippen LogP contribution in [0.5, 0.6) is 5.75 Å². The Kier molecular flexibility index (Phi) is 6.53. The van der Waals surface area contributed by atoms with Crippen LogP contribution < -0.4 is 9.64 Å². The second kappa shape index (κ2) is 10.1. The van der Waals surface area contributed by atoms with Gasteiger partial charge in [0, 0.05) is 23.4 Å². The second-order valence-electron chi connectivity index (χ2n) is 7.96. The maximum atomic E-state index is 13.1. The molecule has 0 radical (unpaired) electrons. The number of amides is 1. The van der Waals surface area contributed by atoms with E-state index in [1.165, 1.54) is 11.8 Å². The zero-order chi connectivity index (χ0) is 23.3. The Morgan fingerprint density at radius 1 is 0.941 bits per heavy atom. The highest BCUT2D eigenvalue weighted by atomic mass is 32.2. The molecule has 5 rings (SSSR count). The summed E-state index contributed by atoms with van der Waals surface area (Å²) in [4.78, 5) is 19.8. The molecule has 3 aromatic carbocycles. The standard InChI is InChI=1S/C27H24N4O2S/c1-33-22-14-15-23-21(17-22)13-8-16-31(23)24(32)18-34-27-28-25(19-9-4-2-5-10-19)26(29-30-27)20-11-6-3-7-12-20/h2-7,9-12,14-15,17H,8,13,16,18H2,1H3. The molecule has 0 saturated heterocycles. The average Bonchev–Trinajstić information content (AvgIpc) is 2.92. The van der Waals surface area contributed by atoms with Crippen LogP contribution in [0.2, 0.25) is 0 Å². The number of anilines is 1. The van der Waals surface area contributed by atoms with Crippen LogP contribution in [0.4, 0.5) is 5.69 Å². The molecule has 6 nitrogen and oxygen atoms in total. The van der Waals surface area contributed by atoms with Gasteiger partial charge in [-0.05, 0) is 36.6 Å². The first-order valence-corrected chi connectivity index (χ1v) is 12.2. The highest BCUT2D eigenvalue weighted by Gasteiger charge is 2.23. The molecular formula is C27H24N4O2S. The van der Waals surface area contributed by atoms with Gasteiger partial charge in [0.15, 0.2) is 0 Å². The third kappa shape index (κ3) is 4.65. The number of hydrogen-bond acceptors (Lipinski definition) is 6. The average molecular weight is 469 g/mol. The van der Waals surface area contributed by atoms with Gasteiger partial charge in [-0.2, -0.15) is 0 Å². The monoisotopic (exact) mass is 468 g/mol. The van der Waals surface area contributed by atoms with Crippen molar-refractivity contribution in [2.24, 2.45) is 0 Å². The Balaban J connectivity index is 1.38. The lowest BCUT2D eigenvalue weighted by Gasteiger charge is -2.29. The molecule has 0 aliphatic carbocycles. The molecule has 2 heterocycles. The van der Waals surface area contributed by atoms with Crippen molar-refractivity contribution in [3.05, 3.63) is 84.4 Å². The first-order valence-electron chi connectivity index (χ1n) is 11.2. The Bertz CT molecular complexity index is 1300. The predicted molar refractivity (Wildman–Crippen MR) is 135 cm³/mol. The molecular weight excluding hydrogens is 444 g/mol. The molecule has 170 valence electrons. The minimum absolute atomic E-state index is 0.0353. The van der Waals surface area contributed by atoms with E-state index in [0.717, 1.165) is 52.4 Å². The molecule has 1 aromatic heterocycles. The largest absolute Gasteiger partial charge is 0.497 e. The van der Waals surface area contributed by atoms with Crippen molar-refractivity contribution in [2.75, 3.05) is 24.3 Å². The topological polar surface area (TPSA) is 68.2 Å². The number of thioether (sulfide) groups is 1. The van der Waals surface area contributed by atoms with E-state index in [2.05, 4.69) is 10.2 Å². The minimum atomic E-state index is 0.0353. The predicted octanol–water partition coefficient (Wildman–Crippen LogP) is 5.29. The van der Waals surface area contributed by atoms with Gasteiger partial charge in [-0.1, -0.05) is 72.4 Å². The third-order valence-corrected chi connectivity index (χ3v) is 6.62. The number of benzene rings is 3. The summed E-state index contributed by atoms with van der Waals surface area (Å²) in [7, 11) is 1.66. The first kappa shape index (κ1) is 22.1. The molecule has 34 heavy (non-hydrogen) atoms. The highest BCUT2D eigenvalue weighted by molar-refractivity contribution is 7.99. The molecule has 0 saturated carbocycles. The number of ether oxygens (including phenoxy) is 1. The van der Waals surface area contributed by atoms with Crippen molar-refractivity contribution in [3.8, 4) is 28.3 Å². The van der Waals surface area contributed by atoms with Crippen LogP contribution in [0, 0.1) is 0 Å². The van der Waals surface area contributed by atoms with Crippen molar-refractivity contribution < 1.29 is 9.53 Å². The van der Waals surface area contributed by atoms with Crippen molar-refractivity contribution in [1.29, 1.82) is 0 Å². The molecule has 0 N–H and O–H groups in total. The summed E-state index contributed by atoms with van der Waals surface area (Å²) in [6.07, 6.45) is 1.87. The highest BCUT2D eigenvalue weighted by Crippen LogP contribution is 2.32. The molecule has 0 atom stereocenters. The van der Waals surface area contributed by atoms with Gasteiger partial charge >= 0.3 is 0 Å². The number of carbonyl (C=O) groups is 1. The van der Waals surface area contributed by atoms with Gasteiger partial charge in [0.25, 0.3) is 0 Å². The molecule has 0 bridgehead atoms. The van der Waals surface area contributed by atoms with E-state index in [4.69, 9.17) is 9.72 Å². The van der Waals surface area contributed by atoms with E-state index in [1.54, 1.807) is 7.11 Å². The van der Waals surface area contributed by atoms with E-state index in [0.29, 0.717) is 11.7 Å². The van der Waals surface area contributed by atoms with Crippen molar-refractivity contribution in [2.45, 2.75) is 18.0 Å². The number of rotatable bonds is 6. The van der Waals surface area contributed by atoms with Crippen LogP contribution in [0.25, 0.3) is 22.5 Å². The van der Waals surface area contributed by atoms with Crippen LogP contribution >= 0.6 is 11.8 Å². The normalized spacial score (nSPS) is 12.8. The Morgan fingerprint density at radius 2 is 1.65 bits per heavy atom. The molecule has 0 spiro atoms. The third-order valence-electron chi connectivity index (χ3n) is 5.79. The van der Waals surface area contributed by atoms with Crippen LogP contribution in [-0.4, -0.2) is 40.5 Å². The lowest BCUT2D eigenvalue weighted by Crippen LogP contribution is -2.36. The number of methoxy groups -OCH3 is 1. The fourth-order valence-corrected chi connectivity index (χ4v) is 4.79. The number of nitrogens with zero attached hydrogens (tertiary/aromatic N) is 4. The minimum Gasteiger partial charge on any atom is -0.497 e. The van der Waals surface area contributed by atoms with E-state index >= 15 is 0 Å². The smallest absolute Gasteiger partial charge is 0.237 e. The van der Waals surface area contributed by atoms with Gasteiger partial charge in [0.05, 0.1) is 12.9 Å². The van der Waals surface area contributed by atoms with Crippen molar-refractivity contribution in [1.82, 2.24) is 15.2 Å². The van der Waals surface area contributed by atoms with Crippen LogP contribution in [-0.2, 0) is 11.2 Å². The summed E-state index contributed by atoms with van der Waals surface area (Å²) in [5.41, 5.74) is 5.49. The number of aromatic nitrogens is 3. The van der Waals surface area contributed by atoms with Crippen LogP contribution in [0.3, 0.4) is 0 Å². The summed E-state index contributed by atoms with van der Waals surface area (Å²) < 4.78 is 5.34. The van der Waals surface area contributed by atoms with E-state index in [9.17, 15) is 4.79 Å². The Hall–Kier alpha value is -3.71. The quantitative estimate of drug-likeness (QED) is 0.359. The summed E-state index contributed by atoms with van der Waals surface area (Å²) in [5.74, 6) is 1.09. The van der Waals surface area contributed by atoms with Crippen LogP contribution in [0.1, 0.15) is 12.0 Å². The lowest BCUT2D eigenvalue weighted by molar-refractivity contribution is -0.116.